The van der Waals surface area contributed by atoms with E-state index in [0.29, 0.717) is 48.4 Å². The van der Waals surface area contributed by atoms with Crippen molar-refractivity contribution in [2.24, 2.45) is 0 Å². The van der Waals surface area contributed by atoms with Gasteiger partial charge in [-0.1, -0.05) is 6.07 Å². The van der Waals surface area contributed by atoms with Crippen LogP contribution in [-0.2, 0) is 6.61 Å². The normalized spacial score (nSPS) is 12.9. The lowest BCUT2D eigenvalue weighted by Gasteiger charge is -2.18. The van der Waals surface area contributed by atoms with E-state index in [1.807, 2.05) is 38.1 Å². The van der Waals surface area contributed by atoms with E-state index in [2.05, 4.69) is 6.07 Å². The van der Waals surface area contributed by atoms with Crippen molar-refractivity contribution >= 4 is 11.9 Å². The molecule has 2 heterocycles. The number of carbonyl (C=O) groups excluding carboxylic acids is 1. The van der Waals surface area contributed by atoms with E-state index in [1.165, 1.54) is 6.08 Å². The number of hydrogen-bond acceptors (Lipinski definition) is 5. The van der Waals surface area contributed by atoms with Crippen LogP contribution in [0.2, 0.25) is 0 Å². The van der Waals surface area contributed by atoms with Crippen LogP contribution in [0.3, 0.4) is 0 Å². The summed E-state index contributed by atoms with van der Waals surface area (Å²) < 4.78 is 22.5. The number of benzene rings is 2. The summed E-state index contributed by atoms with van der Waals surface area (Å²) in [7, 11) is 0. The minimum atomic E-state index is -0.133. The van der Waals surface area contributed by atoms with Crippen molar-refractivity contribution in [2.45, 2.75) is 20.5 Å². The van der Waals surface area contributed by atoms with E-state index < -0.39 is 0 Å². The molecule has 3 aromatic rings. The molecule has 0 aliphatic carbocycles. The molecular weight excluding hydrogens is 368 g/mol. The third kappa shape index (κ3) is 4.69. The SMILES string of the molecule is Cc1cc(C)cc(OCc2ccc(/C=C/C(=O)c3ccc4c(c3)OCCO4)o2)c1. The summed E-state index contributed by atoms with van der Waals surface area (Å²) in [4.78, 5) is 12.4. The van der Waals surface area contributed by atoms with Gasteiger partial charge in [0.15, 0.2) is 17.3 Å². The molecule has 0 amide bonds. The van der Waals surface area contributed by atoms with Crippen LogP contribution in [0.5, 0.6) is 17.2 Å². The van der Waals surface area contributed by atoms with Gasteiger partial charge in [0.2, 0.25) is 0 Å². The van der Waals surface area contributed by atoms with E-state index >= 15 is 0 Å². The number of fused-ring (bicyclic) bond motifs is 1. The first-order chi connectivity index (χ1) is 14.1. The van der Waals surface area contributed by atoms with E-state index in [-0.39, 0.29) is 5.78 Å². The van der Waals surface area contributed by atoms with Gasteiger partial charge in [-0.15, -0.1) is 0 Å². The highest BCUT2D eigenvalue weighted by atomic mass is 16.6. The first-order valence-electron chi connectivity index (χ1n) is 9.49. The number of allylic oxidation sites excluding steroid dienone is 1. The highest BCUT2D eigenvalue weighted by Crippen LogP contribution is 2.31. The zero-order valence-electron chi connectivity index (χ0n) is 16.4. The quantitative estimate of drug-likeness (QED) is 0.431. The van der Waals surface area contributed by atoms with Crippen LogP contribution >= 0.6 is 0 Å². The topological polar surface area (TPSA) is 57.9 Å². The zero-order valence-corrected chi connectivity index (χ0v) is 16.4. The van der Waals surface area contributed by atoms with Crippen LogP contribution in [0, 0.1) is 13.8 Å². The molecule has 4 rings (SSSR count). The van der Waals surface area contributed by atoms with Crippen LogP contribution in [0.25, 0.3) is 6.08 Å². The molecule has 0 saturated carbocycles. The molecule has 1 aromatic heterocycles. The summed E-state index contributed by atoms with van der Waals surface area (Å²) in [6.07, 6.45) is 3.14. The smallest absolute Gasteiger partial charge is 0.186 e. The number of furan rings is 1. The molecule has 0 radical (unpaired) electrons. The second-order valence-electron chi connectivity index (χ2n) is 6.97. The highest BCUT2D eigenvalue weighted by Gasteiger charge is 2.14. The van der Waals surface area contributed by atoms with Crippen LogP contribution in [0.15, 0.2) is 59.0 Å². The lowest BCUT2D eigenvalue weighted by atomic mass is 10.1. The van der Waals surface area contributed by atoms with Gasteiger partial charge in [0.1, 0.15) is 37.1 Å². The van der Waals surface area contributed by atoms with Crippen molar-refractivity contribution in [1.82, 2.24) is 0 Å². The first-order valence-corrected chi connectivity index (χ1v) is 9.49. The zero-order chi connectivity index (χ0) is 20.2. The molecule has 1 aliphatic rings. The molecule has 0 bridgehead atoms. The Balaban J connectivity index is 1.38. The van der Waals surface area contributed by atoms with E-state index in [1.54, 1.807) is 24.3 Å². The summed E-state index contributed by atoms with van der Waals surface area (Å²) in [5.74, 6) is 3.22. The standard InChI is InChI=1S/C24H22O5/c1-16-11-17(2)13-21(12-16)28-15-20-5-4-19(29-20)6-7-22(25)18-3-8-23-24(14-18)27-10-9-26-23/h3-8,11-14H,9-10,15H2,1-2H3/b7-6+. The summed E-state index contributed by atoms with van der Waals surface area (Å²) in [6.45, 7) is 5.41. The molecule has 0 atom stereocenters. The van der Waals surface area contributed by atoms with Gasteiger partial charge in [0.25, 0.3) is 0 Å². The van der Waals surface area contributed by atoms with Gasteiger partial charge in [-0.3, -0.25) is 4.79 Å². The predicted octanol–water partition coefficient (Wildman–Crippen LogP) is 5.14. The Hall–Kier alpha value is -3.47. The van der Waals surface area contributed by atoms with Crippen LogP contribution in [-0.4, -0.2) is 19.0 Å². The van der Waals surface area contributed by atoms with E-state index in [4.69, 9.17) is 18.6 Å². The van der Waals surface area contributed by atoms with Crippen LogP contribution in [0.4, 0.5) is 0 Å². The number of rotatable bonds is 6. The molecule has 2 aromatic carbocycles. The van der Waals surface area contributed by atoms with Gasteiger partial charge in [0, 0.05) is 5.56 Å². The third-order valence-corrected chi connectivity index (χ3v) is 4.48. The van der Waals surface area contributed by atoms with Gasteiger partial charge in [0.05, 0.1) is 0 Å². The molecule has 5 heteroatoms. The fourth-order valence-electron chi connectivity index (χ4n) is 3.18. The fourth-order valence-corrected chi connectivity index (χ4v) is 3.18. The second-order valence-corrected chi connectivity index (χ2v) is 6.97. The molecular formula is C24H22O5. The maximum Gasteiger partial charge on any atom is 0.186 e. The van der Waals surface area contributed by atoms with Gasteiger partial charge in [-0.2, -0.15) is 0 Å². The first kappa shape index (κ1) is 18.9. The average Bonchev–Trinajstić information content (AvgIpc) is 3.17. The Morgan fingerprint density at radius 3 is 2.52 bits per heavy atom. The van der Waals surface area contributed by atoms with Crippen molar-refractivity contribution in [3.8, 4) is 17.2 Å². The molecule has 0 fully saturated rings. The lowest BCUT2D eigenvalue weighted by molar-refractivity contribution is 0.104. The molecule has 5 nitrogen and oxygen atoms in total. The predicted molar refractivity (Wildman–Crippen MR) is 110 cm³/mol. The molecule has 0 spiro atoms. The molecule has 148 valence electrons. The largest absolute Gasteiger partial charge is 0.486 e. The van der Waals surface area contributed by atoms with E-state index in [0.717, 1.165) is 16.9 Å². The summed E-state index contributed by atoms with van der Waals surface area (Å²) in [5.41, 5.74) is 2.84. The monoisotopic (exact) mass is 390 g/mol. The van der Waals surface area contributed by atoms with Crippen LogP contribution < -0.4 is 14.2 Å². The average molecular weight is 390 g/mol. The second kappa shape index (κ2) is 8.27. The minimum Gasteiger partial charge on any atom is -0.486 e. The van der Waals surface area contributed by atoms with Gasteiger partial charge in [-0.05, 0) is 79.6 Å². The number of carbonyl (C=O) groups is 1. The lowest BCUT2D eigenvalue weighted by Crippen LogP contribution is -2.15. The maximum absolute atomic E-state index is 12.4. The number of ether oxygens (including phenoxy) is 3. The Bertz CT molecular complexity index is 1040. The number of hydrogen-bond donors (Lipinski definition) is 0. The van der Waals surface area contributed by atoms with Crippen molar-refractivity contribution < 1.29 is 23.4 Å². The Morgan fingerprint density at radius 1 is 0.966 bits per heavy atom. The number of ketones is 1. The van der Waals surface area contributed by atoms with E-state index in [9.17, 15) is 4.79 Å². The molecule has 29 heavy (non-hydrogen) atoms. The summed E-state index contributed by atoms with van der Waals surface area (Å²) >= 11 is 0. The Morgan fingerprint density at radius 2 is 1.72 bits per heavy atom. The molecule has 1 aliphatic heterocycles. The molecule has 0 saturated heterocycles. The van der Waals surface area contributed by atoms with Crippen molar-refractivity contribution in [2.75, 3.05) is 13.2 Å². The van der Waals surface area contributed by atoms with Crippen molar-refractivity contribution in [3.05, 3.63) is 82.8 Å². The Labute approximate surface area is 169 Å². The van der Waals surface area contributed by atoms with Crippen LogP contribution in [0.1, 0.15) is 33.0 Å². The molecule has 0 unspecified atom stereocenters. The number of aryl methyl sites for hydroxylation is 2. The molecule has 0 N–H and O–H groups in total. The fraction of sp³-hybridized carbons (Fsp3) is 0.208. The minimum absolute atomic E-state index is 0.133. The maximum atomic E-state index is 12.4. The summed E-state index contributed by atoms with van der Waals surface area (Å²) in [6, 6.07) is 14.9. The highest BCUT2D eigenvalue weighted by molar-refractivity contribution is 6.07. The Kier molecular flexibility index (Phi) is 5.38. The van der Waals surface area contributed by atoms with Gasteiger partial charge in [-0.25, -0.2) is 0 Å². The van der Waals surface area contributed by atoms with Gasteiger partial charge >= 0.3 is 0 Å². The van der Waals surface area contributed by atoms with Crippen molar-refractivity contribution in [1.29, 1.82) is 0 Å². The van der Waals surface area contributed by atoms with Gasteiger partial charge < -0.3 is 18.6 Å². The van der Waals surface area contributed by atoms with Crippen molar-refractivity contribution in [3.63, 3.8) is 0 Å². The third-order valence-electron chi connectivity index (χ3n) is 4.48. The summed E-state index contributed by atoms with van der Waals surface area (Å²) in [5, 5.41) is 0.